The first kappa shape index (κ1) is 18.1. The van der Waals surface area contributed by atoms with E-state index in [-0.39, 0.29) is 11.8 Å². The summed E-state index contributed by atoms with van der Waals surface area (Å²) in [4.78, 5) is 29.7. The fourth-order valence-electron chi connectivity index (χ4n) is 4.36. The van der Waals surface area contributed by atoms with Crippen LogP contribution in [0.1, 0.15) is 41.6 Å². The molecule has 0 unspecified atom stereocenters. The van der Waals surface area contributed by atoms with Gasteiger partial charge in [-0.05, 0) is 36.6 Å². The fraction of sp³-hybridized carbons (Fsp3) is 0.429. The Kier molecular flexibility index (Phi) is 4.96. The molecular weight excluding hydrogens is 364 g/mol. The molecule has 1 aliphatic heterocycles. The molecular formula is C21H23ClN2O3. The van der Waals surface area contributed by atoms with Crippen molar-refractivity contribution in [2.75, 3.05) is 26.2 Å². The molecule has 0 radical (unpaired) electrons. The van der Waals surface area contributed by atoms with Crippen molar-refractivity contribution >= 4 is 23.4 Å². The molecule has 1 aromatic heterocycles. The van der Waals surface area contributed by atoms with Gasteiger partial charge in [0.2, 0.25) is 5.91 Å². The van der Waals surface area contributed by atoms with Crippen LogP contribution in [0.2, 0.25) is 5.02 Å². The van der Waals surface area contributed by atoms with E-state index < -0.39 is 5.41 Å². The zero-order valence-electron chi connectivity index (χ0n) is 15.2. The number of carbonyl (C=O) groups excluding carboxylic acids is 2. The van der Waals surface area contributed by atoms with Crippen LogP contribution in [0.25, 0.3) is 0 Å². The molecule has 0 atom stereocenters. The van der Waals surface area contributed by atoms with E-state index in [1.54, 1.807) is 11.0 Å². The number of nitrogens with zero attached hydrogens (tertiary/aromatic N) is 2. The molecule has 2 aliphatic rings. The summed E-state index contributed by atoms with van der Waals surface area (Å²) < 4.78 is 5.00. The molecule has 2 amide bonds. The minimum atomic E-state index is -0.443. The first-order valence-corrected chi connectivity index (χ1v) is 9.85. The highest BCUT2D eigenvalue weighted by molar-refractivity contribution is 6.30. The van der Waals surface area contributed by atoms with Gasteiger partial charge in [0, 0.05) is 31.2 Å². The lowest BCUT2D eigenvalue weighted by atomic mass is 9.77. The smallest absolute Gasteiger partial charge is 0.257 e. The number of amides is 2. The van der Waals surface area contributed by atoms with Crippen LogP contribution < -0.4 is 0 Å². The summed E-state index contributed by atoms with van der Waals surface area (Å²) in [6.45, 7) is 2.23. The normalized spacial score (nSPS) is 19.3. The molecule has 27 heavy (non-hydrogen) atoms. The van der Waals surface area contributed by atoms with E-state index in [1.165, 1.54) is 12.5 Å². The van der Waals surface area contributed by atoms with Gasteiger partial charge in [-0.15, -0.1) is 0 Å². The van der Waals surface area contributed by atoms with Crippen LogP contribution in [-0.2, 0) is 10.2 Å². The highest BCUT2D eigenvalue weighted by Crippen LogP contribution is 2.43. The fourth-order valence-corrected chi connectivity index (χ4v) is 4.48. The van der Waals surface area contributed by atoms with Crippen molar-refractivity contribution in [3.63, 3.8) is 0 Å². The van der Waals surface area contributed by atoms with Gasteiger partial charge in [0.15, 0.2) is 0 Å². The van der Waals surface area contributed by atoms with Gasteiger partial charge in [-0.25, -0.2) is 0 Å². The van der Waals surface area contributed by atoms with Gasteiger partial charge in [-0.1, -0.05) is 36.6 Å². The SMILES string of the molecule is O=C(c1ccoc1)N1CCN(C(=O)C2(c3ccc(Cl)cc3)CCCC2)CC1. The quantitative estimate of drug-likeness (QED) is 0.807. The van der Waals surface area contributed by atoms with Gasteiger partial charge in [-0.2, -0.15) is 0 Å². The molecule has 0 spiro atoms. The summed E-state index contributed by atoms with van der Waals surface area (Å²) in [6.07, 6.45) is 6.85. The lowest BCUT2D eigenvalue weighted by molar-refractivity contribution is -0.138. The van der Waals surface area contributed by atoms with Gasteiger partial charge in [0.25, 0.3) is 5.91 Å². The highest BCUT2D eigenvalue weighted by Gasteiger charge is 2.45. The molecule has 2 heterocycles. The average molecular weight is 387 g/mol. The van der Waals surface area contributed by atoms with E-state index in [2.05, 4.69) is 0 Å². The van der Waals surface area contributed by atoms with Gasteiger partial charge in [0.05, 0.1) is 17.2 Å². The van der Waals surface area contributed by atoms with Gasteiger partial charge < -0.3 is 14.2 Å². The average Bonchev–Trinajstić information content (AvgIpc) is 3.40. The van der Waals surface area contributed by atoms with Crippen molar-refractivity contribution in [3.8, 4) is 0 Å². The van der Waals surface area contributed by atoms with Crippen LogP contribution in [-0.4, -0.2) is 47.8 Å². The maximum Gasteiger partial charge on any atom is 0.257 e. The second-order valence-electron chi connectivity index (χ2n) is 7.39. The largest absolute Gasteiger partial charge is 0.472 e. The number of halogens is 1. The number of rotatable bonds is 3. The van der Waals surface area contributed by atoms with Gasteiger partial charge in [-0.3, -0.25) is 9.59 Å². The monoisotopic (exact) mass is 386 g/mol. The summed E-state index contributed by atoms with van der Waals surface area (Å²) in [5.74, 6) is 0.155. The van der Waals surface area contributed by atoms with E-state index in [0.29, 0.717) is 36.8 Å². The molecule has 2 fully saturated rings. The minimum absolute atomic E-state index is 0.0378. The summed E-state index contributed by atoms with van der Waals surface area (Å²) in [6, 6.07) is 9.39. The van der Waals surface area contributed by atoms with Crippen LogP contribution in [0, 0.1) is 0 Å². The van der Waals surface area contributed by atoms with Crippen molar-refractivity contribution in [2.24, 2.45) is 0 Å². The zero-order valence-corrected chi connectivity index (χ0v) is 16.0. The van der Waals surface area contributed by atoms with Gasteiger partial charge in [0.1, 0.15) is 6.26 Å². The summed E-state index contributed by atoms with van der Waals surface area (Å²) in [5.41, 5.74) is 1.18. The minimum Gasteiger partial charge on any atom is -0.472 e. The predicted molar refractivity (Wildman–Crippen MR) is 103 cm³/mol. The Morgan fingerprint density at radius 1 is 0.926 bits per heavy atom. The molecule has 5 nitrogen and oxygen atoms in total. The lowest BCUT2D eigenvalue weighted by Gasteiger charge is -2.40. The highest BCUT2D eigenvalue weighted by atomic mass is 35.5. The third kappa shape index (κ3) is 3.36. The van der Waals surface area contributed by atoms with Crippen molar-refractivity contribution in [1.82, 2.24) is 9.80 Å². The Balaban J connectivity index is 1.47. The molecule has 0 bridgehead atoms. The standard InChI is InChI=1S/C21H23ClN2O3/c22-18-5-3-17(4-6-18)21(8-1-2-9-21)20(26)24-12-10-23(11-13-24)19(25)16-7-14-27-15-16/h3-7,14-15H,1-2,8-13H2. The van der Waals surface area contributed by atoms with E-state index in [1.807, 2.05) is 29.2 Å². The Morgan fingerprint density at radius 2 is 1.56 bits per heavy atom. The molecule has 142 valence electrons. The van der Waals surface area contributed by atoms with E-state index in [0.717, 1.165) is 31.2 Å². The summed E-state index contributed by atoms with van der Waals surface area (Å²) >= 11 is 6.04. The lowest BCUT2D eigenvalue weighted by Crippen LogP contribution is -2.55. The first-order valence-electron chi connectivity index (χ1n) is 9.47. The van der Waals surface area contributed by atoms with Crippen LogP contribution in [0.3, 0.4) is 0 Å². The molecule has 1 aliphatic carbocycles. The van der Waals surface area contributed by atoms with Crippen LogP contribution in [0.4, 0.5) is 0 Å². The Labute approximate surface area is 163 Å². The Bertz CT molecular complexity index is 802. The number of carbonyl (C=O) groups is 2. The maximum absolute atomic E-state index is 13.5. The third-order valence-corrected chi connectivity index (χ3v) is 6.14. The van der Waals surface area contributed by atoms with Crippen LogP contribution in [0.15, 0.2) is 47.3 Å². The van der Waals surface area contributed by atoms with E-state index in [4.69, 9.17) is 16.0 Å². The molecule has 4 rings (SSSR count). The molecule has 1 aromatic carbocycles. The molecule has 1 saturated carbocycles. The number of benzene rings is 1. The van der Waals surface area contributed by atoms with E-state index >= 15 is 0 Å². The molecule has 0 N–H and O–H groups in total. The Hall–Kier alpha value is -2.27. The number of furan rings is 1. The molecule has 1 saturated heterocycles. The van der Waals surface area contributed by atoms with E-state index in [9.17, 15) is 9.59 Å². The second kappa shape index (κ2) is 7.39. The van der Waals surface area contributed by atoms with Crippen molar-refractivity contribution < 1.29 is 14.0 Å². The second-order valence-corrected chi connectivity index (χ2v) is 7.83. The Morgan fingerprint density at radius 3 is 2.15 bits per heavy atom. The molecule has 6 heteroatoms. The third-order valence-electron chi connectivity index (χ3n) is 5.89. The van der Waals surface area contributed by atoms with Crippen LogP contribution >= 0.6 is 11.6 Å². The first-order chi connectivity index (χ1) is 13.1. The molecule has 2 aromatic rings. The number of hydrogen-bond donors (Lipinski definition) is 0. The zero-order chi connectivity index (χ0) is 18.9. The van der Waals surface area contributed by atoms with Crippen molar-refractivity contribution in [3.05, 3.63) is 59.0 Å². The van der Waals surface area contributed by atoms with Crippen molar-refractivity contribution in [1.29, 1.82) is 0 Å². The summed E-state index contributed by atoms with van der Waals surface area (Å²) in [7, 11) is 0. The topological polar surface area (TPSA) is 53.8 Å². The predicted octanol–water partition coefficient (Wildman–Crippen LogP) is 3.73. The number of piperazine rings is 1. The van der Waals surface area contributed by atoms with Crippen molar-refractivity contribution in [2.45, 2.75) is 31.1 Å². The van der Waals surface area contributed by atoms with Crippen LogP contribution in [0.5, 0.6) is 0 Å². The van der Waals surface area contributed by atoms with Gasteiger partial charge >= 0.3 is 0 Å². The summed E-state index contributed by atoms with van der Waals surface area (Å²) in [5, 5.41) is 0.686. The number of hydrogen-bond acceptors (Lipinski definition) is 3. The maximum atomic E-state index is 13.5.